The molecule has 8 heteroatoms. The number of halogens is 1. The van der Waals surface area contributed by atoms with E-state index >= 15 is 0 Å². The number of nitrogens with zero attached hydrogens (tertiary/aromatic N) is 1. The molecule has 2 atom stereocenters. The van der Waals surface area contributed by atoms with Crippen LogP contribution in [0, 0.1) is 18.8 Å². The highest BCUT2D eigenvalue weighted by Crippen LogP contribution is 2.38. The number of hydrogen-bond donors (Lipinski definition) is 0. The van der Waals surface area contributed by atoms with Crippen LogP contribution in [0.3, 0.4) is 0 Å². The quantitative estimate of drug-likeness (QED) is 0.409. The lowest BCUT2D eigenvalue weighted by Gasteiger charge is -2.19. The van der Waals surface area contributed by atoms with Gasteiger partial charge in [-0.15, -0.1) is 0 Å². The van der Waals surface area contributed by atoms with E-state index in [-0.39, 0.29) is 43.2 Å². The second kappa shape index (κ2) is 8.22. The van der Waals surface area contributed by atoms with Crippen molar-refractivity contribution in [1.29, 1.82) is 0 Å². The number of rotatable bonds is 5. The molecule has 158 valence electrons. The minimum absolute atomic E-state index is 0.0200. The molecule has 0 radical (unpaired) electrons. The lowest BCUT2D eigenvalue weighted by Crippen LogP contribution is -2.33. The zero-order valence-electron chi connectivity index (χ0n) is 16.6. The number of esters is 1. The van der Waals surface area contributed by atoms with E-state index in [2.05, 4.69) is 0 Å². The fraction of sp³-hybridized carbons (Fsp3) is 0.455. The summed E-state index contributed by atoms with van der Waals surface area (Å²) in [5.74, 6) is -1.36. The van der Waals surface area contributed by atoms with Crippen LogP contribution >= 0.6 is 11.6 Å². The van der Waals surface area contributed by atoms with E-state index in [9.17, 15) is 19.2 Å². The Bertz CT molecular complexity index is 1070. The molecule has 0 bridgehead atoms. The van der Waals surface area contributed by atoms with Crippen LogP contribution in [-0.4, -0.2) is 29.2 Å². The predicted molar refractivity (Wildman–Crippen MR) is 109 cm³/mol. The summed E-state index contributed by atoms with van der Waals surface area (Å²) in [6.07, 6.45) is 3.30. The van der Waals surface area contributed by atoms with Crippen molar-refractivity contribution in [1.82, 2.24) is 4.90 Å². The molecule has 1 aromatic carbocycles. The van der Waals surface area contributed by atoms with Crippen LogP contribution in [0.1, 0.15) is 43.2 Å². The van der Waals surface area contributed by atoms with Crippen LogP contribution < -0.4 is 5.63 Å². The van der Waals surface area contributed by atoms with Crippen molar-refractivity contribution >= 4 is 40.4 Å². The Morgan fingerprint density at radius 3 is 2.47 bits per heavy atom. The van der Waals surface area contributed by atoms with Gasteiger partial charge in [-0.3, -0.25) is 19.3 Å². The third-order valence-corrected chi connectivity index (χ3v) is 6.38. The number of fused-ring (bicyclic) bond motifs is 2. The molecule has 0 spiro atoms. The fourth-order valence-electron chi connectivity index (χ4n) is 4.35. The Labute approximate surface area is 177 Å². The molecule has 1 aromatic heterocycles. The lowest BCUT2D eigenvalue weighted by molar-refractivity contribution is -0.146. The van der Waals surface area contributed by atoms with Crippen molar-refractivity contribution in [2.45, 2.75) is 45.6 Å². The first-order valence-corrected chi connectivity index (χ1v) is 10.5. The van der Waals surface area contributed by atoms with Crippen molar-refractivity contribution in [3.63, 3.8) is 0 Å². The highest BCUT2D eigenvalue weighted by Gasteiger charge is 2.47. The molecule has 1 aliphatic carbocycles. The van der Waals surface area contributed by atoms with Crippen LogP contribution in [0.5, 0.6) is 0 Å². The van der Waals surface area contributed by atoms with Crippen LogP contribution in [0.4, 0.5) is 0 Å². The zero-order valence-corrected chi connectivity index (χ0v) is 17.4. The van der Waals surface area contributed by atoms with E-state index in [0.29, 0.717) is 21.6 Å². The molecular weight excluding hydrogens is 410 g/mol. The highest BCUT2D eigenvalue weighted by molar-refractivity contribution is 6.32. The van der Waals surface area contributed by atoms with Gasteiger partial charge in [0.05, 0.1) is 18.3 Å². The maximum absolute atomic E-state index is 12.5. The number of likely N-dealkylation sites (tertiary alicyclic amines) is 1. The summed E-state index contributed by atoms with van der Waals surface area (Å²) in [5.41, 5.74) is 1.07. The van der Waals surface area contributed by atoms with Crippen molar-refractivity contribution in [2.75, 3.05) is 6.54 Å². The van der Waals surface area contributed by atoms with Gasteiger partial charge in [0.1, 0.15) is 12.2 Å². The molecule has 2 heterocycles. The van der Waals surface area contributed by atoms with Crippen molar-refractivity contribution in [3.8, 4) is 0 Å². The molecule has 7 nitrogen and oxygen atoms in total. The molecule has 30 heavy (non-hydrogen) atoms. The molecule has 0 unspecified atom stereocenters. The van der Waals surface area contributed by atoms with Gasteiger partial charge in [-0.05, 0) is 37.5 Å². The van der Waals surface area contributed by atoms with E-state index in [4.69, 9.17) is 20.8 Å². The van der Waals surface area contributed by atoms with E-state index < -0.39 is 11.6 Å². The summed E-state index contributed by atoms with van der Waals surface area (Å²) >= 11 is 6.17. The Hall–Kier alpha value is -2.67. The number of hydrogen-bond acceptors (Lipinski definition) is 6. The lowest BCUT2D eigenvalue weighted by atomic mass is 9.81. The molecule has 1 aliphatic heterocycles. The van der Waals surface area contributed by atoms with E-state index in [0.717, 1.165) is 31.2 Å². The Morgan fingerprint density at radius 1 is 1.13 bits per heavy atom. The van der Waals surface area contributed by atoms with E-state index in [1.165, 1.54) is 11.0 Å². The maximum atomic E-state index is 12.5. The fourth-order valence-corrected chi connectivity index (χ4v) is 4.52. The minimum atomic E-state index is -0.551. The molecule has 2 amide bonds. The van der Waals surface area contributed by atoms with Gasteiger partial charge in [-0.25, -0.2) is 4.79 Å². The number of benzene rings is 1. The minimum Gasteiger partial charge on any atom is -0.461 e. The van der Waals surface area contributed by atoms with Gasteiger partial charge in [-0.1, -0.05) is 24.4 Å². The summed E-state index contributed by atoms with van der Waals surface area (Å²) in [4.78, 5) is 50.2. The second-order valence-corrected chi connectivity index (χ2v) is 8.33. The summed E-state index contributed by atoms with van der Waals surface area (Å²) in [6, 6.07) is 4.59. The molecule has 2 fully saturated rings. The molecule has 2 aromatic rings. The third kappa shape index (κ3) is 3.86. The average molecular weight is 432 g/mol. The number of amides is 2. The number of carbonyl (C=O) groups excluding carboxylic acids is 3. The van der Waals surface area contributed by atoms with Gasteiger partial charge < -0.3 is 9.15 Å². The highest BCUT2D eigenvalue weighted by atomic mass is 35.5. The van der Waals surface area contributed by atoms with Crippen molar-refractivity contribution in [2.24, 2.45) is 11.8 Å². The van der Waals surface area contributed by atoms with Crippen LogP contribution in [0.25, 0.3) is 11.0 Å². The SMILES string of the molecule is Cc1cc2oc(=O)cc(COC(=O)CCN3C(=O)[C@H]4CCCC[C@@H]4C3=O)c2cc1Cl. The zero-order chi connectivity index (χ0) is 21.4. The van der Waals surface area contributed by atoms with Crippen molar-refractivity contribution in [3.05, 3.63) is 44.8 Å². The predicted octanol–water partition coefficient (Wildman–Crippen LogP) is 3.36. The van der Waals surface area contributed by atoms with Crippen LogP contribution in [0.15, 0.2) is 27.4 Å². The standard InChI is InChI=1S/C22H22ClNO6/c1-12-8-18-16(10-17(12)23)13(9-20(26)30-18)11-29-19(25)6-7-24-21(27)14-4-2-3-5-15(14)22(24)28/h8-10,14-15H,2-7,11H2,1H3/t14-,15-/m0/s1. The third-order valence-electron chi connectivity index (χ3n) is 5.97. The second-order valence-electron chi connectivity index (χ2n) is 7.92. The Balaban J connectivity index is 1.40. The topological polar surface area (TPSA) is 93.9 Å². The number of aryl methyl sites for hydroxylation is 1. The molecule has 2 aliphatic rings. The van der Waals surface area contributed by atoms with Gasteiger partial charge in [0, 0.05) is 28.6 Å². The molecule has 4 rings (SSSR count). The first-order chi connectivity index (χ1) is 14.3. The first kappa shape index (κ1) is 20.6. The smallest absolute Gasteiger partial charge is 0.336 e. The summed E-state index contributed by atoms with van der Waals surface area (Å²) in [6.45, 7) is 1.69. The normalized spacial score (nSPS) is 21.2. The van der Waals surface area contributed by atoms with Gasteiger partial charge in [0.2, 0.25) is 11.8 Å². The van der Waals surface area contributed by atoms with Crippen LogP contribution in [0.2, 0.25) is 5.02 Å². The largest absolute Gasteiger partial charge is 0.461 e. The number of carbonyl (C=O) groups is 3. The Kier molecular flexibility index (Phi) is 5.64. The maximum Gasteiger partial charge on any atom is 0.336 e. The monoisotopic (exact) mass is 431 g/mol. The summed E-state index contributed by atoms with van der Waals surface area (Å²) < 4.78 is 10.5. The van der Waals surface area contributed by atoms with E-state index in [1.807, 2.05) is 0 Å². The van der Waals surface area contributed by atoms with Gasteiger partial charge >= 0.3 is 11.6 Å². The van der Waals surface area contributed by atoms with Crippen molar-refractivity contribution < 1.29 is 23.5 Å². The first-order valence-electron chi connectivity index (χ1n) is 10.1. The number of imide groups is 1. The van der Waals surface area contributed by atoms with Crippen LogP contribution in [-0.2, 0) is 25.7 Å². The van der Waals surface area contributed by atoms with E-state index in [1.54, 1.807) is 19.1 Å². The summed E-state index contributed by atoms with van der Waals surface area (Å²) in [7, 11) is 0. The van der Waals surface area contributed by atoms with Gasteiger partial charge in [0.15, 0.2) is 0 Å². The molecular formula is C22H22ClNO6. The number of ether oxygens (including phenoxy) is 1. The summed E-state index contributed by atoms with van der Waals surface area (Å²) in [5, 5.41) is 1.10. The molecule has 1 saturated carbocycles. The Morgan fingerprint density at radius 2 is 1.80 bits per heavy atom. The van der Waals surface area contributed by atoms with Gasteiger partial charge in [-0.2, -0.15) is 0 Å². The molecule has 1 saturated heterocycles. The van der Waals surface area contributed by atoms with Gasteiger partial charge in [0.25, 0.3) is 0 Å². The molecule has 0 N–H and O–H groups in total. The average Bonchev–Trinajstić information content (AvgIpc) is 2.96.